The topological polar surface area (TPSA) is 38.3 Å². The first-order valence-corrected chi connectivity index (χ1v) is 3.92. The second kappa shape index (κ2) is 7.37. The molecule has 0 unspecified atom stereocenters. The van der Waals surface area contributed by atoms with Crippen molar-refractivity contribution in [2.45, 2.75) is 26.3 Å². The molecule has 74 valence electrons. The fraction of sp³-hybridized carbons (Fsp3) is 0.875. The minimum atomic E-state index is -0.179. The van der Waals surface area contributed by atoms with Crippen LogP contribution in [-0.2, 0) is 9.53 Å². The zero-order valence-corrected chi connectivity index (χ0v) is 8.90. The molecule has 3 nitrogen and oxygen atoms in total. The maximum absolute atomic E-state index is 11.1. The lowest BCUT2D eigenvalue weighted by molar-refractivity contribution is -0.144. The van der Waals surface area contributed by atoms with E-state index in [0.717, 1.165) is 6.42 Å². The average Bonchev–Trinajstić information content (AvgIpc) is 2.05. The van der Waals surface area contributed by atoms with Gasteiger partial charge in [-0.05, 0) is 13.0 Å². The molecule has 0 aliphatic carbocycles. The van der Waals surface area contributed by atoms with Crippen LogP contribution in [0.25, 0.3) is 0 Å². The molecule has 0 fully saturated rings. The minimum absolute atomic E-state index is 0. The number of methoxy groups -OCH3 is 1. The van der Waals surface area contributed by atoms with Crippen LogP contribution >= 0.6 is 12.4 Å². The lowest BCUT2D eigenvalue weighted by Gasteiger charge is -2.19. The Hall–Kier alpha value is -0.280. The molecule has 0 aliphatic heterocycles. The Morgan fingerprint density at radius 1 is 1.58 bits per heavy atom. The number of ether oxygens (including phenoxy) is 1. The van der Waals surface area contributed by atoms with Crippen molar-refractivity contribution in [3.05, 3.63) is 0 Å². The van der Waals surface area contributed by atoms with Crippen molar-refractivity contribution in [3.8, 4) is 0 Å². The van der Waals surface area contributed by atoms with E-state index in [9.17, 15) is 4.79 Å². The maximum Gasteiger partial charge on any atom is 0.323 e. The van der Waals surface area contributed by atoms with Gasteiger partial charge in [0.15, 0.2) is 0 Å². The molecule has 12 heavy (non-hydrogen) atoms. The first kappa shape index (κ1) is 14.3. The Morgan fingerprint density at radius 3 is 2.33 bits per heavy atom. The Bertz CT molecular complexity index is 130. The molecule has 0 radical (unpaired) electrons. The Kier molecular flexibility index (Phi) is 8.76. The highest BCUT2D eigenvalue weighted by atomic mass is 35.5. The van der Waals surface area contributed by atoms with E-state index >= 15 is 0 Å². The Morgan fingerprint density at radius 2 is 2.08 bits per heavy atom. The van der Waals surface area contributed by atoms with Gasteiger partial charge in [0, 0.05) is 0 Å². The van der Waals surface area contributed by atoms with Crippen molar-refractivity contribution >= 4 is 18.4 Å². The highest BCUT2D eigenvalue weighted by molar-refractivity contribution is 5.85. The fourth-order valence-corrected chi connectivity index (χ4v) is 0.997. The van der Waals surface area contributed by atoms with E-state index in [1.165, 1.54) is 7.11 Å². The van der Waals surface area contributed by atoms with E-state index in [1.54, 1.807) is 7.05 Å². The van der Waals surface area contributed by atoms with Gasteiger partial charge in [-0.15, -0.1) is 12.4 Å². The number of nitrogens with one attached hydrogen (secondary N) is 1. The molecule has 0 aromatic rings. The Labute approximate surface area is 80.3 Å². The fourth-order valence-electron chi connectivity index (χ4n) is 0.997. The van der Waals surface area contributed by atoms with E-state index in [4.69, 9.17) is 0 Å². The molecule has 0 bridgehead atoms. The number of hydrogen-bond donors (Lipinski definition) is 1. The summed E-state index contributed by atoms with van der Waals surface area (Å²) >= 11 is 0. The van der Waals surface area contributed by atoms with Gasteiger partial charge in [-0.2, -0.15) is 0 Å². The van der Waals surface area contributed by atoms with Gasteiger partial charge in [0.1, 0.15) is 6.04 Å². The van der Waals surface area contributed by atoms with Crippen LogP contribution < -0.4 is 5.32 Å². The molecule has 0 rings (SSSR count). The van der Waals surface area contributed by atoms with Crippen LogP contribution in [0.5, 0.6) is 0 Å². The molecule has 0 saturated heterocycles. The van der Waals surface area contributed by atoms with Gasteiger partial charge in [0.25, 0.3) is 0 Å². The number of likely N-dealkylation sites (N-methyl/N-ethyl adjacent to an activating group) is 1. The Balaban J connectivity index is 0. The number of esters is 1. The molecule has 0 spiro atoms. The number of hydrogen-bond acceptors (Lipinski definition) is 3. The third-order valence-electron chi connectivity index (χ3n) is 1.98. The highest BCUT2D eigenvalue weighted by Crippen LogP contribution is 2.07. The summed E-state index contributed by atoms with van der Waals surface area (Å²) in [4.78, 5) is 11.1. The van der Waals surface area contributed by atoms with Crippen molar-refractivity contribution in [1.82, 2.24) is 5.32 Å². The number of rotatable bonds is 4. The molecule has 0 aromatic heterocycles. The molecule has 0 saturated carbocycles. The summed E-state index contributed by atoms with van der Waals surface area (Å²) in [5.41, 5.74) is 0. The van der Waals surface area contributed by atoms with Gasteiger partial charge in [-0.1, -0.05) is 20.3 Å². The third-order valence-corrected chi connectivity index (χ3v) is 1.98. The van der Waals surface area contributed by atoms with Crippen LogP contribution in [0, 0.1) is 5.92 Å². The second-order valence-electron chi connectivity index (χ2n) is 2.68. The summed E-state index contributed by atoms with van der Waals surface area (Å²) in [6.45, 7) is 4.08. The number of carbonyl (C=O) groups excluding carboxylic acids is 1. The van der Waals surface area contributed by atoms with Gasteiger partial charge >= 0.3 is 5.97 Å². The summed E-state index contributed by atoms with van der Waals surface area (Å²) in [5.74, 6) is 0.148. The maximum atomic E-state index is 11.1. The molecule has 1 N–H and O–H groups in total. The lowest BCUT2D eigenvalue weighted by atomic mass is 10.00. The van der Waals surface area contributed by atoms with Gasteiger partial charge in [-0.3, -0.25) is 4.79 Å². The summed E-state index contributed by atoms with van der Waals surface area (Å²) in [6.07, 6.45) is 0.973. The van der Waals surface area contributed by atoms with E-state index < -0.39 is 0 Å². The summed E-state index contributed by atoms with van der Waals surface area (Å²) in [5, 5.41) is 2.93. The first-order valence-electron chi connectivity index (χ1n) is 3.92. The van der Waals surface area contributed by atoms with Crippen molar-refractivity contribution in [2.75, 3.05) is 14.2 Å². The smallest absolute Gasteiger partial charge is 0.323 e. The number of halogens is 1. The van der Waals surface area contributed by atoms with Crippen molar-refractivity contribution < 1.29 is 9.53 Å². The quantitative estimate of drug-likeness (QED) is 0.686. The largest absolute Gasteiger partial charge is 0.468 e. The molecular formula is C8H18ClNO2. The second-order valence-corrected chi connectivity index (χ2v) is 2.68. The molecule has 0 amide bonds. The van der Waals surface area contributed by atoms with Gasteiger partial charge in [0.2, 0.25) is 0 Å². The van der Waals surface area contributed by atoms with E-state index in [1.807, 2.05) is 6.92 Å². The van der Waals surface area contributed by atoms with Gasteiger partial charge in [-0.25, -0.2) is 0 Å². The third kappa shape index (κ3) is 3.93. The van der Waals surface area contributed by atoms with E-state index in [2.05, 4.69) is 17.0 Å². The van der Waals surface area contributed by atoms with Crippen molar-refractivity contribution in [1.29, 1.82) is 0 Å². The van der Waals surface area contributed by atoms with Gasteiger partial charge in [0.05, 0.1) is 7.11 Å². The molecule has 4 heteroatoms. The first-order chi connectivity index (χ1) is 5.17. The zero-order valence-electron chi connectivity index (χ0n) is 8.09. The highest BCUT2D eigenvalue weighted by Gasteiger charge is 2.22. The summed E-state index contributed by atoms with van der Waals surface area (Å²) in [7, 11) is 3.18. The molecule has 0 aliphatic rings. The van der Waals surface area contributed by atoms with Crippen molar-refractivity contribution in [2.24, 2.45) is 5.92 Å². The van der Waals surface area contributed by atoms with Crippen LogP contribution in [-0.4, -0.2) is 26.2 Å². The monoisotopic (exact) mass is 195 g/mol. The summed E-state index contributed by atoms with van der Waals surface area (Å²) in [6, 6.07) is -0.162. The zero-order chi connectivity index (χ0) is 8.85. The molecule has 0 aromatic carbocycles. The number of carbonyl (C=O) groups is 1. The SMILES string of the molecule is CC[C@H](C)[C@@H](NC)C(=O)OC.Cl. The van der Waals surface area contributed by atoms with Crippen LogP contribution in [0.15, 0.2) is 0 Å². The van der Waals surface area contributed by atoms with Crippen LogP contribution in [0.4, 0.5) is 0 Å². The predicted octanol–water partition coefficient (Wildman–Crippen LogP) is 1.22. The molecular weight excluding hydrogens is 178 g/mol. The normalized spacial score (nSPS) is 14.3. The molecule has 0 heterocycles. The average molecular weight is 196 g/mol. The standard InChI is InChI=1S/C8H17NO2.ClH/c1-5-6(2)7(9-3)8(10)11-4;/h6-7,9H,5H2,1-4H3;1H/t6-,7+;/m0./s1. The van der Waals surface area contributed by atoms with Gasteiger partial charge < -0.3 is 10.1 Å². The van der Waals surface area contributed by atoms with Crippen LogP contribution in [0.3, 0.4) is 0 Å². The predicted molar refractivity (Wildman–Crippen MR) is 51.6 cm³/mol. The van der Waals surface area contributed by atoms with E-state index in [-0.39, 0.29) is 24.4 Å². The molecule has 2 atom stereocenters. The summed E-state index contributed by atoms with van der Waals surface area (Å²) < 4.78 is 4.62. The lowest BCUT2D eigenvalue weighted by Crippen LogP contribution is -2.40. The van der Waals surface area contributed by atoms with Crippen molar-refractivity contribution in [3.63, 3.8) is 0 Å². The minimum Gasteiger partial charge on any atom is -0.468 e. The van der Waals surface area contributed by atoms with Crippen LogP contribution in [0.2, 0.25) is 0 Å². The van der Waals surface area contributed by atoms with Crippen LogP contribution in [0.1, 0.15) is 20.3 Å². The van der Waals surface area contributed by atoms with E-state index in [0.29, 0.717) is 5.92 Å².